The first-order valence-electron chi connectivity index (χ1n) is 4.78. The molecule has 0 bridgehead atoms. The number of anilines is 1. The Balaban J connectivity index is 2.16. The van der Waals surface area contributed by atoms with Crippen LogP contribution in [-0.4, -0.2) is 41.9 Å². The van der Waals surface area contributed by atoms with E-state index in [2.05, 4.69) is 17.0 Å². The molecule has 2 rings (SSSR count). The molecule has 78 valence electrons. The number of nitrogen functional groups attached to an aromatic ring is 1. The van der Waals surface area contributed by atoms with Gasteiger partial charge in [0.15, 0.2) is 0 Å². The molecular formula is C9H16N4O. The van der Waals surface area contributed by atoms with E-state index in [9.17, 15) is 0 Å². The fourth-order valence-corrected chi connectivity index (χ4v) is 1.86. The van der Waals surface area contributed by atoms with Crippen molar-refractivity contribution in [2.24, 2.45) is 0 Å². The first-order chi connectivity index (χ1) is 6.70. The van der Waals surface area contributed by atoms with Crippen LogP contribution in [-0.2, 0) is 0 Å². The third-order valence-corrected chi connectivity index (χ3v) is 2.66. The topological polar surface area (TPSA) is 56.3 Å². The zero-order valence-electron chi connectivity index (χ0n) is 8.60. The third-order valence-electron chi connectivity index (χ3n) is 2.66. The summed E-state index contributed by atoms with van der Waals surface area (Å²) in [7, 11) is 3.70. The zero-order valence-corrected chi connectivity index (χ0v) is 8.60. The van der Waals surface area contributed by atoms with Crippen molar-refractivity contribution in [2.75, 3.05) is 33.0 Å². The zero-order chi connectivity index (χ0) is 10.1. The maximum absolute atomic E-state index is 5.73. The van der Waals surface area contributed by atoms with Gasteiger partial charge in [0.2, 0.25) is 0 Å². The number of ether oxygens (including phenoxy) is 1. The molecule has 5 nitrogen and oxygen atoms in total. The van der Waals surface area contributed by atoms with Gasteiger partial charge in [-0.05, 0) is 20.0 Å². The lowest BCUT2D eigenvalue weighted by atomic mass is 10.3. The lowest BCUT2D eigenvalue weighted by Crippen LogP contribution is -2.16. The minimum Gasteiger partial charge on any atom is -0.478 e. The van der Waals surface area contributed by atoms with Crippen molar-refractivity contribution >= 4 is 5.69 Å². The van der Waals surface area contributed by atoms with Gasteiger partial charge < -0.3 is 15.4 Å². The van der Waals surface area contributed by atoms with Crippen LogP contribution in [0.2, 0.25) is 0 Å². The normalized spacial score (nSPS) is 22.9. The lowest BCUT2D eigenvalue weighted by Gasteiger charge is -2.10. The Labute approximate surface area is 83.4 Å². The van der Waals surface area contributed by atoms with Crippen LogP contribution in [0, 0.1) is 0 Å². The second-order valence-corrected chi connectivity index (χ2v) is 3.78. The summed E-state index contributed by atoms with van der Waals surface area (Å²) < 4.78 is 6.96. The number of methoxy groups -OCH3 is 1. The molecule has 1 aromatic rings. The van der Waals surface area contributed by atoms with E-state index in [-0.39, 0.29) is 0 Å². The molecule has 1 saturated heterocycles. The SMILES string of the molecule is COc1nn([C@H]2CCN(C)C2)cc1N. The molecule has 1 aliphatic rings. The number of nitrogens with two attached hydrogens (primary N) is 1. The van der Waals surface area contributed by atoms with Crippen LogP contribution in [0.3, 0.4) is 0 Å². The lowest BCUT2D eigenvalue weighted by molar-refractivity contribution is 0.362. The van der Waals surface area contributed by atoms with Crippen molar-refractivity contribution in [3.05, 3.63) is 6.20 Å². The van der Waals surface area contributed by atoms with E-state index >= 15 is 0 Å². The van der Waals surface area contributed by atoms with Gasteiger partial charge in [-0.15, -0.1) is 5.10 Å². The summed E-state index contributed by atoms with van der Waals surface area (Å²) in [4.78, 5) is 2.29. The summed E-state index contributed by atoms with van der Waals surface area (Å²) >= 11 is 0. The standard InChI is InChI=1S/C9H16N4O/c1-12-4-3-7(5-12)13-6-8(10)9(11-13)14-2/h6-7H,3-5,10H2,1-2H3/t7-/m0/s1. The van der Waals surface area contributed by atoms with E-state index in [1.54, 1.807) is 7.11 Å². The minimum atomic E-state index is 0.436. The smallest absolute Gasteiger partial charge is 0.256 e. The molecule has 1 atom stereocenters. The Bertz CT molecular complexity index is 323. The fraction of sp³-hybridized carbons (Fsp3) is 0.667. The number of aromatic nitrogens is 2. The van der Waals surface area contributed by atoms with Crippen LogP contribution in [0.1, 0.15) is 12.5 Å². The number of likely N-dealkylation sites (tertiary alicyclic amines) is 1. The van der Waals surface area contributed by atoms with Gasteiger partial charge in [-0.1, -0.05) is 0 Å². The Hall–Kier alpha value is -1.23. The molecule has 1 fully saturated rings. The summed E-state index contributed by atoms with van der Waals surface area (Å²) in [6, 6.07) is 0.436. The quantitative estimate of drug-likeness (QED) is 0.741. The van der Waals surface area contributed by atoms with Gasteiger partial charge in [-0.2, -0.15) is 0 Å². The van der Waals surface area contributed by atoms with Crippen molar-refractivity contribution in [3.63, 3.8) is 0 Å². The Morgan fingerprint density at radius 2 is 2.43 bits per heavy atom. The average molecular weight is 196 g/mol. The highest BCUT2D eigenvalue weighted by Gasteiger charge is 2.22. The van der Waals surface area contributed by atoms with E-state index < -0.39 is 0 Å². The predicted molar refractivity (Wildman–Crippen MR) is 54.3 cm³/mol. The summed E-state index contributed by atoms with van der Waals surface area (Å²) in [5.74, 6) is 0.527. The van der Waals surface area contributed by atoms with E-state index in [0.717, 1.165) is 19.5 Å². The van der Waals surface area contributed by atoms with Crippen LogP contribution >= 0.6 is 0 Å². The number of hydrogen-bond donors (Lipinski definition) is 1. The van der Waals surface area contributed by atoms with Gasteiger partial charge >= 0.3 is 0 Å². The van der Waals surface area contributed by atoms with Crippen molar-refractivity contribution < 1.29 is 4.74 Å². The van der Waals surface area contributed by atoms with Gasteiger partial charge in [-0.25, -0.2) is 0 Å². The second kappa shape index (κ2) is 3.49. The monoisotopic (exact) mass is 196 g/mol. The van der Waals surface area contributed by atoms with Gasteiger partial charge in [0.1, 0.15) is 5.69 Å². The van der Waals surface area contributed by atoms with Crippen molar-refractivity contribution in [1.29, 1.82) is 0 Å². The maximum Gasteiger partial charge on any atom is 0.256 e. The van der Waals surface area contributed by atoms with Crippen LogP contribution in [0.4, 0.5) is 5.69 Å². The first kappa shape index (κ1) is 9.33. The molecule has 0 saturated carbocycles. The molecule has 14 heavy (non-hydrogen) atoms. The van der Waals surface area contributed by atoms with Crippen molar-refractivity contribution in [2.45, 2.75) is 12.5 Å². The summed E-state index contributed by atoms with van der Waals surface area (Å²) in [5, 5.41) is 4.29. The Morgan fingerprint density at radius 3 is 2.93 bits per heavy atom. The highest BCUT2D eigenvalue weighted by molar-refractivity contribution is 5.45. The van der Waals surface area contributed by atoms with Gasteiger partial charge in [0, 0.05) is 6.54 Å². The largest absolute Gasteiger partial charge is 0.478 e. The molecule has 0 amide bonds. The molecule has 0 aliphatic carbocycles. The van der Waals surface area contributed by atoms with Crippen LogP contribution in [0.25, 0.3) is 0 Å². The molecule has 0 aromatic carbocycles. The number of nitrogens with zero attached hydrogens (tertiary/aromatic N) is 3. The highest BCUT2D eigenvalue weighted by Crippen LogP contribution is 2.25. The van der Waals surface area contributed by atoms with E-state index in [1.807, 2.05) is 10.9 Å². The summed E-state index contributed by atoms with van der Waals surface area (Å²) in [6.45, 7) is 2.15. The van der Waals surface area contributed by atoms with E-state index in [0.29, 0.717) is 17.6 Å². The molecule has 1 aromatic heterocycles. The number of likely N-dealkylation sites (N-methyl/N-ethyl adjacent to an activating group) is 1. The van der Waals surface area contributed by atoms with Crippen LogP contribution in [0.5, 0.6) is 5.88 Å². The molecular weight excluding hydrogens is 180 g/mol. The first-order valence-corrected chi connectivity index (χ1v) is 4.78. The fourth-order valence-electron chi connectivity index (χ4n) is 1.86. The minimum absolute atomic E-state index is 0.436. The van der Waals surface area contributed by atoms with Crippen LogP contribution in [0.15, 0.2) is 6.20 Å². The predicted octanol–water partition coefficient (Wildman–Crippen LogP) is 0.350. The Morgan fingerprint density at radius 1 is 1.64 bits per heavy atom. The maximum atomic E-state index is 5.73. The van der Waals surface area contributed by atoms with Crippen molar-refractivity contribution in [3.8, 4) is 5.88 Å². The van der Waals surface area contributed by atoms with Crippen LogP contribution < -0.4 is 10.5 Å². The molecule has 0 radical (unpaired) electrons. The van der Waals surface area contributed by atoms with E-state index in [4.69, 9.17) is 10.5 Å². The highest BCUT2D eigenvalue weighted by atomic mass is 16.5. The van der Waals surface area contributed by atoms with Gasteiger partial charge in [-0.3, -0.25) is 4.68 Å². The Kier molecular flexibility index (Phi) is 2.33. The molecule has 0 spiro atoms. The molecule has 2 N–H and O–H groups in total. The molecule has 1 aliphatic heterocycles. The van der Waals surface area contributed by atoms with E-state index in [1.165, 1.54) is 0 Å². The average Bonchev–Trinajstić information content (AvgIpc) is 2.71. The van der Waals surface area contributed by atoms with Gasteiger partial charge in [0.25, 0.3) is 5.88 Å². The van der Waals surface area contributed by atoms with Gasteiger partial charge in [0.05, 0.1) is 19.3 Å². The second-order valence-electron chi connectivity index (χ2n) is 3.78. The summed E-state index contributed by atoms with van der Waals surface area (Å²) in [5.41, 5.74) is 6.35. The number of rotatable bonds is 2. The molecule has 0 unspecified atom stereocenters. The summed E-state index contributed by atoms with van der Waals surface area (Å²) in [6.07, 6.45) is 2.98. The third kappa shape index (κ3) is 1.55. The molecule has 5 heteroatoms. The number of hydrogen-bond acceptors (Lipinski definition) is 4. The van der Waals surface area contributed by atoms with Crippen molar-refractivity contribution in [1.82, 2.24) is 14.7 Å². The molecule has 2 heterocycles.